The lowest BCUT2D eigenvalue weighted by Gasteiger charge is -2.51. The van der Waals surface area contributed by atoms with Crippen LogP contribution in [0.15, 0.2) is 6.20 Å². The zero-order valence-corrected chi connectivity index (χ0v) is 14.4. The lowest BCUT2D eigenvalue weighted by molar-refractivity contribution is -0.0871. The molecule has 3 aliphatic rings. The number of aromatic nitrogens is 2. The summed E-state index contributed by atoms with van der Waals surface area (Å²) in [6.07, 6.45) is 7.23. The smallest absolute Gasteiger partial charge is 0.254 e. The summed E-state index contributed by atoms with van der Waals surface area (Å²) in [5, 5.41) is 16.8. The van der Waals surface area contributed by atoms with Gasteiger partial charge in [-0.1, -0.05) is 0 Å². The van der Waals surface area contributed by atoms with E-state index in [9.17, 15) is 9.90 Å². The molecule has 0 radical (unpaired) electrons. The molecule has 2 bridgehead atoms. The van der Waals surface area contributed by atoms with Crippen molar-refractivity contribution in [1.82, 2.24) is 9.97 Å². The van der Waals surface area contributed by atoms with Crippen LogP contribution in [0.4, 0.5) is 11.8 Å². The predicted octanol–water partition coefficient (Wildman–Crippen LogP) is 1.89. The third-order valence-corrected chi connectivity index (χ3v) is 5.46. The molecule has 1 aromatic heterocycles. The van der Waals surface area contributed by atoms with E-state index in [1.807, 2.05) is 13.8 Å². The Hall–Kier alpha value is -1.89. The van der Waals surface area contributed by atoms with Gasteiger partial charge in [-0.15, -0.1) is 0 Å². The van der Waals surface area contributed by atoms with Crippen LogP contribution in [0.2, 0.25) is 0 Å². The van der Waals surface area contributed by atoms with Crippen LogP contribution in [0.5, 0.6) is 0 Å². The van der Waals surface area contributed by atoms with Gasteiger partial charge in [0.1, 0.15) is 5.82 Å². The zero-order chi connectivity index (χ0) is 17.4. The number of rotatable bonds is 6. The second kappa shape index (κ2) is 6.20. The average Bonchev–Trinajstić information content (AvgIpc) is 2.54. The maximum Gasteiger partial charge on any atom is 0.254 e. The van der Waals surface area contributed by atoms with Gasteiger partial charge in [-0.05, 0) is 57.8 Å². The van der Waals surface area contributed by atoms with Gasteiger partial charge in [0.15, 0.2) is 0 Å². The number of hydrogen-bond donors (Lipinski definition) is 4. The molecule has 7 heteroatoms. The fourth-order valence-electron chi connectivity index (χ4n) is 3.81. The van der Waals surface area contributed by atoms with Gasteiger partial charge in [-0.3, -0.25) is 4.79 Å². The van der Waals surface area contributed by atoms with E-state index in [0.29, 0.717) is 17.3 Å². The van der Waals surface area contributed by atoms with Crippen LogP contribution in [0.3, 0.4) is 0 Å². The fraction of sp³-hybridized carbons (Fsp3) is 0.706. The van der Waals surface area contributed by atoms with Crippen molar-refractivity contribution in [1.29, 1.82) is 0 Å². The standard InChI is InChI=1S/C17H27N5O2/c1-11(2)21-14-12(13(18)23)9-19-15(22-14)20-10-16-3-6-17(24,7-4-16)8-5-16/h9,11,24H,3-8,10H2,1-2H3,(H2,18,23)(H2,19,20,21,22). The third-order valence-electron chi connectivity index (χ3n) is 5.46. The highest BCUT2D eigenvalue weighted by atomic mass is 16.3. The summed E-state index contributed by atoms with van der Waals surface area (Å²) in [6, 6.07) is 0.138. The number of primary amides is 1. The maximum absolute atomic E-state index is 11.5. The molecule has 0 saturated heterocycles. The Morgan fingerprint density at radius 3 is 2.46 bits per heavy atom. The second-order valence-electron chi connectivity index (χ2n) is 7.70. The second-order valence-corrected chi connectivity index (χ2v) is 7.70. The maximum atomic E-state index is 11.5. The Balaban J connectivity index is 1.70. The first kappa shape index (κ1) is 17.0. The summed E-state index contributed by atoms with van der Waals surface area (Å²) >= 11 is 0. The first-order valence-corrected chi connectivity index (χ1v) is 8.71. The normalized spacial score (nSPS) is 28.8. The summed E-state index contributed by atoms with van der Waals surface area (Å²) in [4.78, 5) is 20.2. The van der Waals surface area contributed by atoms with E-state index in [1.165, 1.54) is 6.20 Å². The van der Waals surface area contributed by atoms with Crippen LogP contribution >= 0.6 is 0 Å². The van der Waals surface area contributed by atoms with Crippen molar-refractivity contribution >= 4 is 17.7 Å². The lowest BCUT2D eigenvalue weighted by atomic mass is 9.58. The van der Waals surface area contributed by atoms with Crippen LogP contribution in [0, 0.1) is 5.41 Å². The van der Waals surface area contributed by atoms with E-state index in [0.717, 1.165) is 45.1 Å². The van der Waals surface area contributed by atoms with Gasteiger partial charge < -0.3 is 21.5 Å². The molecule has 0 unspecified atom stereocenters. The number of hydrogen-bond acceptors (Lipinski definition) is 6. The number of carbonyl (C=O) groups excluding carboxylic acids is 1. The molecule has 1 heterocycles. The predicted molar refractivity (Wildman–Crippen MR) is 92.9 cm³/mol. The first-order chi connectivity index (χ1) is 11.3. The summed E-state index contributed by atoms with van der Waals surface area (Å²) in [6.45, 7) is 4.74. The van der Waals surface area contributed by atoms with E-state index >= 15 is 0 Å². The molecule has 1 aromatic rings. The Bertz CT molecular complexity index is 607. The quantitative estimate of drug-likeness (QED) is 0.632. The summed E-state index contributed by atoms with van der Waals surface area (Å²) < 4.78 is 0. The molecule has 3 aliphatic carbocycles. The van der Waals surface area contributed by atoms with Crippen LogP contribution in [0.1, 0.15) is 62.7 Å². The van der Waals surface area contributed by atoms with Gasteiger partial charge in [-0.25, -0.2) is 4.98 Å². The highest BCUT2D eigenvalue weighted by Crippen LogP contribution is 2.52. The Morgan fingerprint density at radius 1 is 1.29 bits per heavy atom. The van der Waals surface area contributed by atoms with Gasteiger partial charge >= 0.3 is 0 Å². The van der Waals surface area contributed by atoms with Crippen molar-refractivity contribution in [3.63, 3.8) is 0 Å². The molecule has 0 atom stereocenters. The number of amides is 1. The number of aliphatic hydroxyl groups is 1. The number of nitrogens with zero attached hydrogens (tertiary/aromatic N) is 2. The zero-order valence-electron chi connectivity index (χ0n) is 14.4. The van der Waals surface area contributed by atoms with Crippen molar-refractivity contribution in [2.45, 2.75) is 64.0 Å². The lowest BCUT2D eigenvalue weighted by Crippen LogP contribution is -2.48. The molecule has 0 aromatic carbocycles. The average molecular weight is 333 g/mol. The Labute approximate surface area is 142 Å². The van der Waals surface area contributed by atoms with Crippen LogP contribution in [-0.2, 0) is 0 Å². The minimum atomic E-state index is -0.540. The molecule has 3 saturated carbocycles. The summed E-state index contributed by atoms with van der Waals surface area (Å²) in [5.74, 6) is 0.431. The van der Waals surface area contributed by atoms with E-state index in [4.69, 9.17) is 5.73 Å². The summed E-state index contributed by atoms with van der Waals surface area (Å²) in [7, 11) is 0. The van der Waals surface area contributed by atoms with Crippen molar-refractivity contribution < 1.29 is 9.90 Å². The van der Waals surface area contributed by atoms with E-state index in [-0.39, 0.29) is 11.5 Å². The molecule has 3 fully saturated rings. The number of carbonyl (C=O) groups is 1. The Morgan fingerprint density at radius 2 is 1.92 bits per heavy atom. The van der Waals surface area contributed by atoms with Gasteiger partial charge in [0.05, 0.1) is 11.2 Å². The first-order valence-electron chi connectivity index (χ1n) is 8.71. The van der Waals surface area contributed by atoms with E-state index in [1.54, 1.807) is 0 Å². The minimum Gasteiger partial charge on any atom is -0.390 e. The topological polar surface area (TPSA) is 113 Å². The molecule has 24 heavy (non-hydrogen) atoms. The van der Waals surface area contributed by atoms with Gasteiger partial charge in [0.2, 0.25) is 5.95 Å². The SMILES string of the molecule is CC(C)Nc1nc(NCC23CCC(O)(CC2)CC3)ncc1C(N)=O. The van der Waals surface area contributed by atoms with Gasteiger partial charge in [-0.2, -0.15) is 4.98 Å². The number of nitrogens with one attached hydrogen (secondary N) is 2. The van der Waals surface area contributed by atoms with Crippen molar-refractivity contribution in [3.05, 3.63) is 11.8 Å². The molecule has 4 rings (SSSR count). The number of fused-ring (bicyclic) bond motifs is 3. The molecule has 0 spiro atoms. The number of anilines is 2. The molecular formula is C17H27N5O2. The Kier molecular flexibility index (Phi) is 4.38. The molecule has 132 valence electrons. The minimum absolute atomic E-state index is 0.138. The van der Waals surface area contributed by atoms with Crippen molar-refractivity contribution in [2.75, 3.05) is 17.2 Å². The van der Waals surface area contributed by atoms with Crippen LogP contribution in [-0.4, -0.2) is 39.2 Å². The largest absolute Gasteiger partial charge is 0.390 e. The van der Waals surface area contributed by atoms with Gasteiger partial charge in [0, 0.05) is 18.8 Å². The third kappa shape index (κ3) is 3.45. The van der Waals surface area contributed by atoms with Crippen molar-refractivity contribution in [3.8, 4) is 0 Å². The van der Waals surface area contributed by atoms with Crippen LogP contribution in [0.25, 0.3) is 0 Å². The molecular weight excluding hydrogens is 306 g/mol. The highest BCUT2D eigenvalue weighted by molar-refractivity contribution is 5.97. The van der Waals surface area contributed by atoms with E-state index in [2.05, 4.69) is 20.6 Å². The molecule has 5 N–H and O–H groups in total. The molecule has 1 amide bonds. The fourth-order valence-corrected chi connectivity index (χ4v) is 3.81. The number of nitrogens with two attached hydrogens (primary N) is 1. The van der Waals surface area contributed by atoms with Gasteiger partial charge in [0.25, 0.3) is 5.91 Å². The van der Waals surface area contributed by atoms with E-state index < -0.39 is 11.5 Å². The highest BCUT2D eigenvalue weighted by Gasteiger charge is 2.47. The molecule has 7 nitrogen and oxygen atoms in total. The van der Waals surface area contributed by atoms with Crippen molar-refractivity contribution in [2.24, 2.45) is 11.1 Å². The monoisotopic (exact) mass is 333 g/mol. The summed E-state index contributed by atoms with van der Waals surface area (Å²) in [5.41, 5.74) is 5.49. The van der Waals surface area contributed by atoms with Crippen LogP contribution < -0.4 is 16.4 Å². The molecule has 0 aliphatic heterocycles.